The number of hydrogen-bond acceptors (Lipinski definition) is 2. The Labute approximate surface area is 130 Å². The van der Waals surface area contributed by atoms with Crippen LogP contribution in [0.2, 0.25) is 0 Å². The first-order valence-corrected chi connectivity index (χ1v) is 7.69. The van der Waals surface area contributed by atoms with Gasteiger partial charge in [-0.2, -0.15) is 0 Å². The molecule has 1 fully saturated rings. The molecule has 0 radical (unpaired) electrons. The fraction of sp³-hybridized carbons (Fsp3) is 0.500. The van der Waals surface area contributed by atoms with E-state index in [4.69, 9.17) is 0 Å². The minimum atomic E-state index is -0.973. The summed E-state index contributed by atoms with van der Waals surface area (Å²) in [6.45, 7) is 2.28. The highest BCUT2D eigenvalue weighted by Crippen LogP contribution is 2.22. The number of nitrogens with one attached hydrogen (secondary N) is 1. The summed E-state index contributed by atoms with van der Waals surface area (Å²) in [5.41, 5.74) is 0.247. The Morgan fingerprint density at radius 2 is 1.95 bits per heavy atom. The predicted octanol–water partition coefficient (Wildman–Crippen LogP) is 2.64. The Bertz CT molecular complexity index is 502. The highest BCUT2D eigenvalue weighted by Gasteiger charge is 2.25. The van der Waals surface area contributed by atoms with Gasteiger partial charge in [-0.25, -0.2) is 8.78 Å². The van der Waals surface area contributed by atoms with E-state index in [-0.39, 0.29) is 11.5 Å². The van der Waals surface area contributed by atoms with Gasteiger partial charge in [-0.3, -0.25) is 4.79 Å². The van der Waals surface area contributed by atoms with Gasteiger partial charge in [0.2, 0.25) is 0 Å². The molecule has 1 amide bonds. The highest BCUT2D eigenvalue weighted by molar-refractivity contribution is 14.1. The van der Waals surface area contributed by atoms with Gasteiger partial charge < -0.3 is 10.2 Å². The van der Waals surface area contributed by atoms with Crippen LogP contribution < -0.4 is 5.32 Å². The molecule has 0 spiro atoms. The molecule has 0 bridgehead atoms. The van der Waals surface area contributed by atoms with Crippen molar-refractivity contribution in [1.29, 1.82) is 0 Å². The van der Waals surface area contributed by atoms with Crippen molar-refractivity contribution in [1.82, 2.24) is 10.2 Å². The third-order valence-electron chi connectivity index (χ3n) is 3.63. The lowest BCUT2D eigenvalue weighted by atomic mass is 9.96. The Balaban J connectivity index is 2.07. The molecule has 1 heterocycles. The topological polar surface area (TPSA) is 32.3 Å². The molecule has 0 aromatic heterocycles. The molecule has 1 aromatic carbocycles. The van der Waals surface area contributed by atoms with Gasteiger partial charge >= 0.3 is 0 Å². The summed E-state index contributed by atoms with van der Waals surface area (Å²) in [7, 11) is 1.92. The van der Waals surface area contributed by atoms with Crippen LogP contribution >= 0.6 is 22.6 Å². The average Bonchev–Trinajstić information content (AvgIpc) is 2.43. The van der Waals surface area contributed by atoms with Crippen LogP contribution in [-0.2, 0) is 0 Å². The molecule has 1 N–H and O–H groups in total. The van der Waals surface area contributed by atoms with Crippen LogP contribution in [0.25, 0.3) is 0 Å². The van der Waals surface area contributed by atoms with Crippen molar-refractivity contribution < 1.29 is 13.6 Å². The number of amides is 1. The number of rotatable bonds is 3. The molecule has 6 heteroatoms. The summed E-state index contributed by atoms with van der Waals surface area (Å²) in [6, 6.07) is 2.07. The lowest BCUT2D eigenvalue weighted by Gasteiger charge is -2.32. The maximum Gasteiger partial charge on any atom is 0.255 e. The molecule has 110 valence electrons. The van der Waals surface area contributed by atoms with Crippen molar-refractivity contribution in [3.05, 3.63) is 32.9 Å². The van der Waals surface area contributed by atoms with Crippen molar-refractivity contribution in [2.75, 3.05) is 26.7 Å². The fourth-order valence-corrected chi connectivity index (χ4v) is 3.15. The first kappa shape index (κ1) is 15.6. The highest BCUT2D eigenvalue weighted by atomic mass is 127. The maximum atomic E-state index is 13.3. The van der Waals surface area contributed by atoms with E-state index in [1.165, 1.54) is 0 Å². The van der Waals surface area contributed by atoms with Crippen LogP contribution in [0.1, 0.15) is 23.2 Å². The third kappa shape index (κ3) is 3.46. The quantitative estimate of drug-likeness (QED) is 0.632. The summed E-state index contributed by atoms with van der Waals surface area (Å²) < 4.78 is 26.8. The zero-order valence-corrected chi connectivity index (χ0v) is 13.4. The number of likely N-dealkylation sites (tertiary alicyclic amines) is 1. The van der Waals surface area contributed by atoms with Gasteiger partial charge in [0.1, 0.15) is 0 Å². The Morgan fingerprint density at radius 1 is 1.35 bits per heavy atom. The largest absolute Gasteiger partial charge is 0.339 e. The van der Waals surface area contributed by atoms with Gasteiger partial charge in [0.15, 0.2) is 11.6 Å². The molecule has 1 aromatic rings. The molecule has 1 saturated heterocycles. The molecule has 2 rings (SSSR count). The molecule has 0 saturated carbocycles. The lowest BCUT2D eigenvalue weighted by Crippen LogP contribution is -2.40. The number of piperidine rings is 1. The molecule has 0 unspecified atom stereocenters. The summed E-state index contributed by atoms with van der Waals surface area (Å²) in [5, 5.41) is 3.14. The Morgan fingerprint density at radius 3 is 2.55 bits per heavy atom. The zero-order valence-electron chi connectivity index (χ0n) is 11.3. The summed E-state index contributed by atoms with van der Waals surface area (Å²) >= 11 is 1.87. The first-order valence-electron chi connectivity index (χ1n) is 6.61. The Kier molecular flexibility index (Phi) is 5.31. The minimum Gasteiger partial charge on any atom is -0.339 e. The van der Waals surface area contributed by atoms with E-state index in [1.54, 1.807) is 4.90 Å². The van der Waals surface area contributed by atoms with Crippen molar-refractivity contribution in [3.8, 4) is 0 Å². The van der Waals surface area contributed by atoms with Crippen LogP contribution in [0.15, 0.2) is 12.1 Å². The van der Waals surface area contributed by atoms with Crippen LogP contribution in [0.4, 0.5) is 8.78 Å². The molecular weight excluding hydrogens is 377 g/mol. The average molecular weight is 394 g/mol. The molecule has 1 aliphatic heterocycles. The minimum absolute atomic E-state index is 0.212. The summed E-state index contributed by atoms with van der Waals surface area (Å²) in [4.78, 5) is 14.1. The second-order valence-electron chi connectivity index (χ2n) is 5.04. The van der Waals surface area contributed by atoms with Crippen molar-refractivity contribution in [2.24, 2.45) is 5.92 Å². The molecule has 1 aliphatic rings. The SMILES string of the molecule is CNCC1CCN(C(=O)c2cc(F)c(F)cc2I)CC1. The van der Waals surface area contributed by atoms with Gasteiger partial charge in [-0.15, -0.1) is 0 Å². The van der Waals surface area contributed by atoms with E-state index in [0.717, 1.165) is 31.5 Å². The number of halogens is 3. The molecule has 0 aliphatic carbocycles. The van der Waals surface area contributed by atoms with Gasteiger partial charge in [0.05, 0.1) is 5.56 Å². The number of benzene rings is 1. The van der Waals surface area contributed by atoms with Gasteiger partial charge in [0.25, 0.3) is 5.91 Å². The standard InChI is InChI=1S/C14H17F2IN2O/c1-18-8-9-2-4-19(5-3-9)14(20)10-6-11(15)12(16)7-13(10)17/h6-7,9,18H,2-5,8H2,1H3. The van der Waals surface area contributed by atoms with Crippen LogP contribution in [0.3, 0.4) is 0 Å². The third-order valence-corrected chi connectivity index (χ3v) is 4.53. The maximum absolute atomic E-state index is 13.3. The van der Waals surface area contributed by atoms with E-state index in [9.17, 15) is 13.6 Å². The smallest absolute Gasteiger partial charge is 0.255 e. The predicted molar refractivity (Wildman–Crippen MR) is 81.6 cm³/mol. The summed E-state index contributed by atoms with van der Waals surface area (Å²) in [5.74, 6) is -1.53. The van der Waals surface area contributed by atoms with Gasteiger partial charge in [-0.1, -0.05) is 0 Å². The molecule has 3 nitrogen and oxygen atoms in total. The normalized spacial score (nSPS) is 16.5. The second-order valence-corrected chi connectivity index (χ2v) is 6.20. The second kappa shape index (κ2) is 6.80. The number of hydrogen-bond donors (Lipinski definition) is 1. The fourth-order valence-electron chi connectivity index (χ4n) is 2.49. The molecule has 0 atom stereocenters. The van der Waals surface area contributed by atoms with E-state index in [1.807, 2.05) is 29.6 Å². The van der Waals surface area contributed by atoms with E-state index in [2.05, 4.69) is 5.32 Å². The number of nitrogens with zero attached hydrogens (tertiary/aromatic N) is 1. The van der Waals surface area contributed by atoms with E-state index in [0.29, 0.717) is 22.6 Å². The van der Waals surface area contributed by atoms with Crippen molar-refractivity contribution in [2.45, 2.75) is 12.8 Å². The van der Waals surface area contributed by atoms with Gasteiger partial charge in [-0.05, 0) is 67.1 Å². The first-order chi connectivity index (χ1) is 9.52. The number of carbonyl (C=O) groups is 1. The van der Waals surface area contributed by atoms with Crippen molar-refractivity contribution >= 4 is 28.5 Å². The molecular formula is C14H17F2IN2O. The van der Waals surface area contributed by atoms with Gasteiger partial charge in [0, 0.05) is 16.7 Å². The lowest BCUT2D eigenvalue weighted by molar-refractivity contribution is 0.0689. The summed E-state index contributed by atoms with van der Waals surface area (Å²) in [6.07, 6.45) is 1.87. The van der Waals surface area contributed by atoms with Crippen LogP contribution in [0, 0.1) is 21.1 Å². The molecule has 20 heavy (non-hydrogen) atoms. The van der Waals surface area contributed by atoms with Crippen LogP contribution in [0.5, 0.6) is 0 Å². The Hall–Kier alpha value is -0.760. The van der Waals surface area contributed by atoms with E-state index < -0.39 is 11.6 Å². The number of carbonyl (C=O) groups excluding carboxylic acids is 1. The van der Waals surface area contributed by atoms with Crippen molar-refractivity contribution in [3.63, 3.8) is 0 Å². The van der Waals surface area contributed by atoms with Crippen LogP contribution in [-0.4, -0.2) is 37.5 Å². The van der Waals surface area contributed by atoms with E-state index >= 15 is 0 Å². The monoisotopic (exact) mass is 394 g/mol. The zero-order chi connectivity index (χ0) is 14.7.